The lowest BCUT2D eigenvalue weighted by Gasteiger charge is -2.33. The number of aromatic nitrogens is 3. The number of nitrogens with zero attached hydrogens (tertiary/aromatic N) is 5. The Hall–Kier alpha value is -2.37. The molecule has 6 heteroatoms. The highest BCUT2D eigenvalue weighted by atomic mass is 16.2. The van der Waals surface area contributed by atoms with Crippen LogP contribution in [0.3, 0.4) is 0 Å². The molecule has 1 aromatic carbocycles. The van der Waals surface area contributed by atoms with Crippen molar-refractivity contribution in [3.05, 3.63) is 47.5 Å². The molecule has 0 saturated carbocycles. The molecular weight excluding hydrogens is 338 g/mol. The van der Waals surface area contributed by atoms with Crippen LogP contribution in [0.1, 0.15) is 55.7 Å². The van der Waals surface area contributed by atoms with E-state index in [9.17, 15) is 4.79 Å². The highest BCUT2D eigenvalue weighted by molar-refractivity contribution is 5.73. The lowest BCUT2D eigenvalue weighted by molar-refractivity contribution is 0.155. The van der Waals surface area contributed by atoms with E-state index in [2.05, 4.69) is 42.8 Å². The second-order valence-electron chi connectivity index (χ2n) is 7.88. The van der Waals surface area contributed by atoms with Gasteiger partial charge in [-0.15, -0.1) is 0 Å². The van der Waals surface area contributed by atoms with Crippen LogP contribution in [0.25, 0.3) is 0 Å². The normalized spacial score (nSPS) is 15.4. The fourth-order valence-electron chi connectivity index (χ4n) is 3.57. The van der Waals surface area contributed by atoms with Crippen molar-refractivity contribution in [3.8, 4) is 0 Å². The molecule has 27 heavy (non-hydrogen) atoms. The summed E-state index contributed by atoms with van der Waals surface area (Å²) in [6.07, 6.45) is 2.84. The van der Waals surface area contributed by atoms with Crippen LogP contribution in [0.5, 0.6) is 0 Å². The molecule has 0 unspecified atom stereocenters. The average Bonchev–Trinajstić information content (AvgIpc) is 3.11. The number of hydrogen-bond donors (Lipinski definition) is 0. The molecule has 0 spiro atoms. The van der Waals surface area contributed by atoms with E-state index < -0.39 is 0 Å². The predicted molar refractivity (Wildman–Crippen MR) is 107 cm³/mol. The summed E-state index contributed by atoms with van der Waals surface area (Å²) >= 11 is 0. The lowest BCUT2D eigenvalue weighted by atomic mass is 9.96. The first kappa shape index (κ1) is 19.4. The molecular formula is C21H31N5O. The van der Waals surface area contributed by atoms with Crippen molar-refractivity contribution in [1.82, 2.24) is 24.6 Å². The number of aryl methyl sites for hydroxylation is 2. The van der Waals surface area contributed by atoms with Crippen molar-refractivity contribution in [1.29, 1.82) is 0 Å². The summed E-state index contributed by atoms with van der Waals surface area (Å²) in [5.74, 6) is 2.69. The van der Waals surface area contributed by atoms with E-state index in [1.54, 1.807) is 4.90 Å². The van der Waals surface area contributed by atoms with Crippen LogP contribution in [0.2, 0.25) is 0 Å². The van der Waals surface area contributed by atoms with Crippen LogP contribution in [0, 0.1) is 0 Å². The minimum atomic E-state index is 0.0989. The van der Waals surface area contributed by atoms with Crippen LogP contribution in [0.15, 0.2) is 30.3 Å². The zero-order chi connectivity index (χ0) is 19.4. The molecule has 1 aliphatic rings. The first-order valence-corrected chi connectivity index (χ1v) is 9.90. The third-order valence-electron chi connectivity index (χ3n) is 5.20. The molecule has 1 saturated heterocycles. The van der Waals surface area contributed by atoms with E-state index >= 15 is 0 Å². The van der Waals surface area contributed by atoms with Crippen LogP contribution < -0.4 is 0 Å². The van der Waals surface area contributed by atoms with E-state index in [1.807, 2.05) is 25.1 Å². The third kappa shape index (κ3) is 4.67. The third-order valence-corrected chi connectivity index (χ3v) is 5.20. The minimum Gasteiger partial charge on any atom is -0.331 e. The lowest BCUT2D eigenvalue weighted by Crippen LogP contribution is -2.43. The Bertz CT molecular complexity index is 745. The first-order chi connectivity index (χ1) is 13.0. The highest BCUT2D eigenvalue weighted by Gasteiger charge is 2.28. The smallest absolute Gasteiger partial charge is 0.319 e. The molecule has 1 aliphatic heterocycles. The summed E-state index contributed by atoms with van der Waals surface area (Å²) in [5, 5.41) is 4.80. The van der Waals surface area contributed by atoms with E-state index in [-0.39, 0.29) is 6.03 Å². The van der Waals surface area contributed by atoms with Gasteiger partial charge in [0.15, 0.2) is 5.82 Å². The number of benzene rings is 1. The number of likely N-dealkylation sites (tertiary alicyclic amines) is 1. The zero-order valence-corrected chi connectivity index (χ0v) is 16.9. The number of amides is 2. The number of carbonyl (C=O) groups excluding carboxylic acids is 1. The fourth-order valence-corrected chi connectivity index (χ4v) is 3.57. The summed E-state index contributed by atoms with van der Waals surface area (Å²) < 4.78 is 2.11. The molecule has 3 rings (SSSR count). The standard InChI is InChI=1S/C21H31N5O/c1-16(2)19-22-20(18-11-13-25(14-12-18)21(27)24(3)4)26(23-19)15-10-17-8-6-5-7-9-17/h5-9,16,18H,10-15H2,1-4H3. The Morgan fingerprint density at radius 2 is 1.85 bits per heavy atom. The number of rotatable bonds is 5. The van der Waals surface area contributed by atoms with Gasteiger partial charge in [-0.2, -0.15) is 5.10 Å². The Morgan fingerprint density at radius 1 is 1.19 bits per heavy atom. The fraction of sp³-hybridized carbons (Fsp3) is 0.571. The Labute approximate surface area is 162 Å². The van der Waals surface area contributed by atoms with Crippen molar-refractivity contribution < 1.29 is 4.79 Å². The molecule has 2 heterocycles. The number of piperidine rings is 1. The maximum atomic E-state index is 12.2. The number of urea groups is 1. The van der Waals surface area contributed by atoms with Gasteiger partial charge in [-0.3, -0.25) is 0 Å². The second-order valence-corrected chi connectivity index (χ2v) is 7.88. The minimum absolute atomic E-state index is 0.0989. The number of carbonyl (C=O) groups is 1. The average molecular weight is 370 g/mol. The molecule has 1 fully saturated rings. The summed E-state index contributed by atoms with van der Waals surface area (Å²) in [5.41, 5.74) is 1.32. The van der Waals surface area contributed by atoms with Crippen molar-refractivity contribution in [2.24, 2.45) is 0 Å². The Kier molecular flexibility index (Phi) is 6.14. The molecule has 0 bridgehead atoms. The molecule has 6 nitrogen and oxygen atoms in total. The van der Waals surface area contributed by atoms with E-state index in [0.717, 1.165) is 50.5 Å². The van der Waals surface area contributed by atoms with Gasteiger partial charge in [-0.25, -0.2) is 14.5 Å². The maximum absolute atomic E-state index is 12.2. The summed E-state index contributed by atoms with van der Waals surface area (Å²) in [7, 11) is 3.62. The van der Waals surface area contributed by atoms with Crippen LogP contribution in [-0.4, -0.2) is 57.8 Å². The van der Waals surface area contributed by atoms with Crippen molar-refractivity contribution in [3.63, 3.8) is 0 Å². The highest BCUT2D eigenvalue weighted by Crippen LogP contribution is 2.28. The summed E-state index contributed by atoms with van der Waals surface area (Å²) in [4.78, 5) is 20.7. The van der Waals surface area contributed by atoms with Gasteiger partial charge in [-0.1, -0.05) is 44.2 Å². The molecule has 1 aromatic heterocycles. The zero-order valence-electron chi connectivity index (χ0n) is 16.9. The van der Waals surface area contributed by atoms with Gasteiger partial charge in [0.2, 0.25) is 0 Å². The maximum Gasteiger partial charge on any atom is 0.319 e. The molecule has 2 amide bonds. The van der Waals surface area contributed by atoms with Crippen molar-refractivity contribution in [2.45, 2.75) is 51.5 Å². The molecule has 0 atom stereocenters. The Morgan fingerprint density at radius 3 is 2.44 bits per heavy atom. The summed E-state index contributed by atoms with van der Waals surface area (Å²) in [6, 6.07) is 10.6. The van der Waals surface area contributed by atoms with Crippen LogP contribution in [0.4, 0.5) is 4.79 Å². The topological polar surface area (TPSA) is 54.3 Å². The molecule has 2 aromatic rings. The molecule has 0 aliphatic carbocycles. The SMILES string of the molecule is CC(C)c1nc(C2CCN(C(=O)N(C)C)CC2)n(CCc2ccccc2)n1. The molecule has 0 radical (unpaired) electrons. The van der Waals surface area contributed by atoms with E-state index in [0.29, 0.717) is 11.8 Å². The second kappa shape index (κ2) is 8.55. The monoisotopic (exact) mass is 369 g/mol. The van der Waals surface area contributed by atoms with E-state index in [1.165, 1.54) is 5.56 Å². The molecule has 0 N–H and O–H groups in total. The van der Waals surface area contributed by atoms with Gasteiger partial charge in [0.05, 0.1) is 0 Å². The van der Waals surface area contributed by atoms with Gasteiger partial charge in [0.1, 0.15) is 5.82 Å². The predicted octanol–water partition coefficient (Wildman–Crippen LogP) is 3.51. The van der Waals surface area contributed by atoms with Gasteiger partial charge in [0, 0.05) is 45.6 Å². The molecule has 146 valence electrons. The first-order valence-electron chi connectivity index (χ1n) is 9.90. The van der Waals surface area contributed by atoms with Gasteiger partial charge < -0.3 is 9.80 Å². The number of hydrogen-bond acceptors (Lipinski definition) is 3. The van der Waals surface area contributed by atoms with Gasteiger partial charge >= 0.3 is 6.03 Å². The van der Waals surface area contributed by atoms with E-state index in [4.69, 9.17) is 10.1 Å². The van der Waals surface area contributed by atoms with Gasteiger partial charge in [0.25, 0.3) is 0 Å². The largest absolute Gasteiger partial charge is 0.331 e. The summed E-state index contributed by atoms with van der Waals surface area (Å²) in [6.45, 7) is 6.68. The van der Waals surface area contributed by atoms with Crippen LogP contribution >= 0.6 is 0 Å². The quantitative estimate of drug-likeness (QED) is 0.810. The van der Waals surface area contributed by atoms with Crippen LogP contribution in [-0.2, 0) is 13.0 Å². The van der Waals surface area contributed by atoms with Crippen molar-refractivity contribution in [2.75, 3.05) is 27.2 Å². The Balaban J connectivity index is 1.71. The van der Waals surface area contributed by atoms with Crippen molar-refractivity contribution >= 4 is 6.03 Å². The van der Waals surface area contributed by atoms with Gasteiger partial charge in [-0.05, 0) is 24.8 Å².